The molecule has 0 saturated heterocycles. The molecule has 1 amide bonds. The van der Waals surface area contributed by atoms with E-state index in [1.165, 1.54) is 141 Å². The molecule has 3 unspecified atom stereocenters. The number of carbonyl (C=O) groups excluding carboxylic acids is 2. The van der Waals surface area contributed by atoms with Crippen LogP contribution in [0.15, 0.2) is 48.6 Å². The number of esters is 1. The molecule has 1 N–H and O–H groups in total. The van der Waals surface area contributed by atoms with E-state index in [-0.39, 0.29) is 24.9 Å². The number of nitrogens with zero attached hydrogens (tertiary/aromatic N) is 1. The van der Waals surface area contributed by atoms with Gasteiger partial charge in [0.2, 0.25) is 5.91 Å². The van der Waals surface area contributed by atoms with Crippen molar-refractivity contribution in [1.29, 1.82) is 0 Å². The molecule has 0 aromatic rings. The SMILES string of the molecule is CCCCC/C=C\C/C=C\CCCCCCCCCC(=O)OC(/C=C/CCCCCCCCCCC)C(COP(=O)([O-])OCC[N+](C)(C)C)NC(=O)CCCCCCCCC/C=C\CCCCCC. The van der Waals surface area contributed by atoms with Crippen molar-refractivity contribution in [3.05, 3.63) is 48.6 Å². The number of likely N-dealkylation sites (N-methyl/N-ethyl adjacent to an activating group) is 1. The third-order valence-corrected chi connectivity index (χ3v) is 13.7. The molecule has 0 fully saturated rings. The number of rotatable bonds is 52. The van der Waals surface area contributed by atoms with Crippen molar-refractivity contribution in [3.63, 3.8) is 0 Å². The van der Waals surface area contributed by atoms with Crippen molar-refractivity contribution < 1.29 is 37.3 Å². The monoisotopic (exact) mass is 991 g/mol. The fourth-order valence-electron chi connectivity index (χ4n) is 8.19. The number of ether oxygens (including phenoxy) is 1. The van der Waals surface area contributed by atoms with E-state index in [9.17, 15) is 19.0 Å². The van der Waals surface area contributed by atoms with E-state index in [4.69, 9.17) is 13.8 Å². The first-order valence-corrected chi connectivity index (χ1v) is 30.4. The maximum atomic E-state index is 13.5. The van der Waals surface area contributed by atoms with Crippen molar-refractivity contribution in [3.8, 4) is 0 Å². The van der Waals surface area contributed by atoms with E-state index in [2.05, 4.69) is 62.5 Å². The molecule has 404 valence electrons. The summed E-state index contributed by atoms with van der Waals surface area (Å²) in [6.07, 6.45) is 59.2. The summed E-state index contributed by atoms with van der Waals surface area (Å²) in [5, 5.41) is 3.02. The molecule has 0 spiro atoms. The summed E-state index contributed by atoms with van der Waals surface area (Å²) in [5.41, 5.74) is 0. The highest BCUT2D eigenvalue weighted by Gasteiger charge is 2.27. The summed E-state index contributed by atoms with van der Waals surface area (Å²) < 4.78 is 30.2. The van der Waals surface area contributed by atoms with Gasteiger partial charge < -0.3 is 28.5 Å². The van der Waals surface area contributed by atoms with E-state index < -0.39 is 26.6 Å². The molecule has 0 heterocycles. The topological polar surface area (TPSA) is 114 Å². The predicted molar refractivity (Wildman–Crippen MR) is 293 cm³/mol. The van der Waals surface area contributed by atoms with Crippen LogP contribution < -0.4 is 10.2 Å². The molecule has 0 aromatic heterocycles. The molecule has 0 bridgehead atoms. The Morgan fingerprint density at radius 3 is 1.36 bits per heavy atom. The molecule has 10 heteroatoms. The second kappa shape index (κ2) is 49.5. The Bertz CT molecular complexity index is 1330. The molecule has 0 rings (SSSR count). The number of phosphoric ester groups is 1. The summed E-state index contributed by atoms with van der Waals surface area (Å²) in [7, 11) is 1.18. The number of quaternary nitrogens is 1. The highest BCUT2D eigenvalue weighted by Crippen LogP contribution is 2.38. The Morgan fingerprint density at radius 2 is 0.884 bits per heavy atom. The van der Waals surface area contributed by atoms with E-state index in [1.807, 2.05) is 33.3 Å². The molecule has 0 saturated carbocycles. The van der Waals surface area contributed by atoms with Gasteiger partial charge in [-0.1, -0.05) is 211 Å². The van der Waals surface area contributed by atoms with Crippen LogP contribution in [0.3, 0.4) is 0 Å². The van der Waals surface area contributed by atoms with Crippen LogP contribution in [-0.4, -0.2) is 69.4 Å². The van der Waals surface area contributed by atoms with Gasteiger partial charge in [-0.25, -0.2) is 0 Å². The largest absolute Gasteiger partial charge is 0.756 e. The Kier molecular flexibility index (Phi) is 48.1. The summed E-state index contributed by atoms with van der Waals surface area (Å²) in [5.74, 6) is -0.552. The molecule has 0 aliphatic heterocycles. The van der Waals surface area contributed by atoms with Gasteiger partial charge in [-0.3, -0.25) is 14.2 Å². The minimum atomic E-state index is -4.69. The van der Waals surface area contributed by atoms with Crippen LogP contribution in [0.25, 0.3) is 0 Å². The average molecular weight is 992 g/mol. The number of unbranched alkanes of at least 4 members (excludes halogenated alkanes) is 30. The number of hydrogen-bond donors (Lipinski definition) is 1. The number of amides is 1. The number of phosphoric acid groups is 1. The second-order valence-electron chi connectivity index (χ2n) is 20.8. The first-order valence-electron chi connectivity index (χ1n) is 28.9. The van der Waals surface area contributed by atoms with Crippen LogP contribution in [0.1, 0.15) is 265 Å². The maximum Gasteiger partial charge on any atom is 0.306 e. The predicted octanol–water partition coefficient (Wildman–Crippen LogP) is 16.7. The third-order valence-electron chi connectivity index (χ3n) is 12.7. The van der Waals surface area contributed by atoms with Crippen molar-refractivity contribution in [2.45, 2.75) is 277 Å². The zero-order chi connectivity index (χ0) is 50.8. The number of hydrogen-bond acceptors (Lipinski definition) is 7. The minimum Gasteiger partial charge on any atom is -0.756 e. The fraction of sp³-hybridized carbons (Fsp3) is 0.831. The molecular weight excluding hydrogens is 880 g/mol. The van der Waals surface area contributed by atoms with Gasteiger partial charge >= 0.3 is 5.97 Å². The third kappa shape index (κ3) is 50.7. The average Bonchev–Trinajstić information content (AvgIpc) is 3.31. The van der Waals surface area contributed by atoms with Crippen molar-refractivity contribution >= 4 is 19.7 Å². The molecular formula is C59H111N2O7P. The summed E-state index contributed by atoms with van der Waals surface area (Å²) in [4.78, 5) is 39.8. The van der Waals surface area contributed by atoms with E-state index >= 15 is 0 Å². The van der Waals surface area contributed by atoms with E-state index in [0.717, 1.165) is 89.9 Å². The van der Waals surface area contributed by atoms with Crippen molar-refractivity contribution in [1.82, 2.24) is 5.32 Å². The van der Waals surface area contributed by atoms with E-state index in [0.29, 0.717) is 17.4 Å². The first-order chi connectivity index (χ1) is 33.4. The standard InChI is InChI=1S/C59H111N2O7P/c1-7-10-13-16-19-22-25-27-29-30-32-34-37-40-43-46-49-52-59(63)68-57(50-47-44-41-38-35-24-21-18-15-12-9-3)56(55-67-69(64,65)66-54-53-61(4,5)6)60-58(62)51-48-45-42-39-36-33-31-28-26-23-20-17-14-11-8-2/h19,22-23,26-27,29,47,50,56-57H,7-18,20-21,24-25,28,30-46,48-49,51-55H2,1-6H3,(H-,60,62,64,65)/b22-19-,26-23-,29-27-,50-47+. The smallest absolute Gasteiger partial charge is 0.306 e. The van der Waals surface area contributed by atoms with Crippen LogP contribution >= 0.6 is 7.82 Å². The van der Waals surface area contributed by atoms with Gasteiger partial charge in [0.15, 0.2) is 0 Å². The van der Waals surface area contributed by atoms with Crippen LogP contribution in [0.2, 0.25) is 0 Å². The zero-order valence-corrected chi connectivity index (χ0v) is 46.9. The minimum absolute atomic E-state index is 0.0245. The molecule has 0 aliphatic rings. The zero-order valence-electron chi connectivity index (χ0n) is 46.0. The Hall–Kier alpha value is -2.03. The molecule has 69 heavy (non-hydrogen) atoms. The summed E-state index contributed by atoms with van der Waals surface area (Å²) in [6, 6.07) is -0.891. The highest BCUT2D eigenvalue weighted by atomic mass is 31.2. The summed E-state index contributed by atoms with van der Waals surface area (Å²) in [6.45, 7) is 6.80. The maximum absolute atomic E-state index is 13.5. The second-order valence-corrected chi connectivity index (χ2v) is 22.2. The summed E-state index contributed by atoms with van der Waals surface area (Å²) >= 11 is 0. The lowest BCUT2D eigenvalue weighted by atomic mass is 10.1. The first kappa shape index (κ1) is 67.0. The van der Waals surface area contributed by atoms with Gasteiger partial charge in [-0.05, 0) is 89.5 Å². The van der Waals surface area contributed by atoms with Crippen LogP contribution in [0.5, 0.6) is 0 Å². The highest BCUT2D eigenvalue weighted by molar-refractivity contribution is 7.45. The molecule has 0 radical (unpaired) electrons. The lowest BCUT2D eigenvalue weighted by molar-refractivity contribution is -0.870. The Morgan fingerprint density at radius 1 is 0.507 bits per heavy atom. The van der Waals surface area contributed by atoms with Gasteiger partial charge in [0.1, 0.15) is 19.3 Å². The lowest BCUT2D eigenvalue weighted by Gasteiger charge is -2.30. The molecule has 0 aromatic carbocycles. The van der Waals surface area contributed by atoms with Gasteiger partial charge in [-0.15, -0.1) is 0 Å². The fourth-order valence-corrected chi connectivity index (χ4v) is 8.92. The van der Waals surface area contributed by atoms with Gasteiger partial charge in [0, 0.05) is 12.8 Å². The number of allylic oxidation sites excluding steroid dienone is 7. The Labute approximate surface area is 427 Å². The van der Waals surface area contributed by atoms with Crippen molar-refractivity contribution in [2.24, 2.45) is 0 Å². The van der Waals surface area contributed by atoms with Crippen LogP contribution in [0.4, 0.5) is 0 Å². The number of carbonyl (C=O) groups is 2. The van der Waals surface area contributed by atoms with Crippen molar-refractivity contribution in [2.75, 3.05) is 40.9 Å². The normalized spacial score (nSPS) is 14.1. The van der Waals surface area contributed by atoms with Gasteiger partial charge in [-0.2, -0.15) is 0 Å². The quantitative estimate of drug-likeness (QED) is 0.0212. The van der Waals surface area contributed by atoms with Gasteiger partial charge in [0.25, 0.3) is 7.82 Å². The molecule has 0 aliphatic carbocycles. The van der Waals surface area contributed by atoms with Crippen LogP contribution in [-0.2, 0) is 27.9 Å². The molecule has 3 atom stereocenters. The number of nitrogens with one attached hydrogen (secondary N) is 1. The lowest BCUT2D eigenvalue weighted by Crippen LogP contribution is -2.47. The van der Waals surface area contributed by atoms with Crippen LogP contribution in [0, 0.1) is 0 Å². The Balaban J connectivity index is 5.32. The molecule has 9 nitrogen and oxygen atoms in total. The van der Waals surface area contributed by atoms with Gasteiger partial charge in [0.05, 0.1) is 33.8 Å². The van der Waals surface area contributed by atoms with E-state index in [1.54, 1.807) is 0 Å².